The molecule has 0 saturated carbocycles. The van der Waals surface area contributed by atoms with Crippen LogP contribution in [0, 0.1) is 11.3 Å². The van der Waals surface area contributed by atoms with Gasteiger partial charge in [-0.25, -0.2) is 0 Å². The van der Waals surface area contributed by atoms with Gasteiger partial charge in [-0.3, -0.25) is 9.48 Å². The second-order valence-electron chi connectivity index (χ2n) is 7.00. The maximum absolute atomic E-state index is 12.2. The molecule has 1 heterocycles. The van der Waals surface area contributed by atoms with Crippen molar-refractivity contribution in [1.82, 2.24) is 15.1 Å². The minimum absolute atomic E-state index is 0.132. The minimum atomic E-state index is -0.132. The van der Waals surface area contributed by atoms with Crippen LogP contribution in [-0.2, 0) is 13.0 Å². The Labute approximate surface area is 172 Å². The van der Waals surface area contributed by atoms with Crippen LogP contribution in [0.15, 0.2) is 54.6 Å². The first kappa shape index (κ1) is 20.3. The van der Waals surface area contributed by atoms with Gasteiger partial charge in [0.15, 0.2) is 0 Å². The number of benzene rings is 2. The molecule has 1 amide bonds. The zero-order valence-electron chi connectivity index (χ0n) is 17.0. The monoisotopic (exact) mass is 386 g/mol. The summed E-state index contributed by atoms with van der Waals surface area (Å²) in [6.07, 6.45) is 3.05. The van der Waals surface area contributed by atoms with Gasteiger partial charge in [0.1, 0.15) is 5.69 Å². The number of carbonyl (C=O) groups excluding carboxylic acids is 1. The summed E-state index contributed by atoms with van der Waals surface area (Å²) in [7, 11) is 0. The maximum Gasteiger partial charge on any atom is 0.271 e. The molecule has 1 aromatic heterocycles. The second-order valence-corrected chi connectivity index (χ2v) is 7.00. The molecule has 3 aromatic rings. The van der Waals surface area contributed by atoms with Crippen molar-refractivity contribution >= 4 is 5.91 Å². The Morgan fingerprint density at radius 1 is 1.14 bits per heavy atom. The molecule has 5 nitrogen and oxygen atoms in total. The highest BCUT2D eigenvalue weighted by Gasteiger charge is 2.14. The predicted octanol–water partition coefficient (Wildman–Crippen LogP) is 4.56. The van der Waals surface area contributed by atoms with E-state index in [1.165, 1.54) is 0 Å². The van der Waals surface area contributed by atoms with Gasteiger partial charge in [0.05, 0.1) is 18.2 Å². The third kappa shape index (κ3) is 4.91. The molecule has 0 aliphatic rings. The summed E-state index contributed by atoms with van der Waals surface area (Å²) in [5.74, 6) is -0.132. The van der Waals surface area contributed by atoms with E-state index in [0.29, 0.717) is 24.3 Å². The van der Waals surface area contributed by atoms with Gasteiger partial charge in [0.25, 0.3) is 5.91 Å². The molecule has 0 atom stereocenters. The molecule has 148 valence electrons. The van der Waals surface area contributed by atoms with Gasteiger partial charge in [-0.1, -0.05) is 55.8 Å². The maximum atomic E-state index is 12.2. The molecule has 29 heavy (non-hydrogen) atoms. The molecule has 0 unspecified atom stereocenters. The third-order valence-corrected chi connectivity index (χ3v) is 4.86. The van der Waals surface area contributed by atoms with Crippen LogP contribution in [0.2, 0.25) is 0 Å². The molecule has 0 radical (unpaired) electrons. The van der Waals surface area contributed by atoms with Crippen LogP contribution < -0.4 is 5.32 Å². The van der Waals surface area contributed by atoms with Crippen molar-refractivity contribution < 1.29 is 4.79 Å². The summed E-state index contributed by atoms with van der Waals surface area (Å²) in [5, 5.41) is 16.7. The van der Waals surface area contributed by atoms with Crippen LogP contribution in [0.25, 0.3) is 11.1 Å². The Morgan fingerprint density at radius 3 is 2.59 bits per heavy atom. The Balaban J connectivity index is 1.83. The van der Waals surface area contributed by atoms with Gasteiger partial charge in [-0.2, -0.15) is 10.4 Å². The Kier molecular flexibility index (Phi) is 6.80. The number of hydrogen-bond donors (Lipinski definition) is 1. The number of nitriles is 1. The number of unbranched alkanes of at least 4 members (excludes halogenated alkanes) is 1. The van der Waals surface area contributed by atoms with Crippen LogP contribution in [0.1, 0.15) is 54.0 Å². The Morgan fingerprint density at radius 2 is 1.90 bits per heavy atom. The minimum Gasteiger partial charge on any atom is -0.351 e. The van der Waals surface area contributed by atoms with Crippen LogP contribution >= 0.6 is 0 Å². The number of aromatic nitrogens is 2. The first-order valence-electron chi connectivity index (χ1n) is 10.1. The fourth-order valence-electron chi connectivity index (χ4n) is 3.31. The van der Waals surface area contributed by atoms with E-state index < -0.39 is 0 Å². The molecule has 0 saturated heterocycles. The van der Waals surface area contributed by atoms with Crippen molar-refractivity contribution in [3.63, 3.8) is 0 Å². The van der Waals surface area contributed by atoms with E-state index >= 15 is 0 Å². The number of nitrogens with zero attached hydrogens (tertiary/aromatic N) is 3. The van der Waals surface area contributed by atoms with Crippen LogP contribution in [0.5, 0.6) is 0 Å². The number of carbonyl (C=O) groups is 1. The van der Waals surface area contributed by atoms with E-state index in [2.05, 4.69) is 35.5 Å². The van der Waals surface area contributed by atoms with Crippen molar-refractivity contribution in [1.29, 1.82) is 5.26 Å². The van der Waals surface area contributed by atoms with Crippen LogP contribution in [-0.4, -0.2) is 22.2 Å². The summed E-state index contributed by atoms with van der Waals surface area (Å²) in [6, 6.07) is 19.9. The van der Waals surface area contributed by atoms with Gasteiger partial charge in [-0.15, -0.1) is 0 Å². The van der Waals surface area contributed by atoms with Gasteiger partial charge in [0, 0.05) is 12.2 Å². The van der Waals surface area contributed by atoms with Crippen molar-refractivity contribution in [2.45, 2.75) is 39.7 Å². The summed E-state index contributed by atoms with van der Waals surface area (Å²) >= 11 is 0. The zero-order chi connectivity index (χ0) is 20.6. The molecule has 0 aliphatic heterocycles. The highest BCUT2D eigenvalue weighted by atomic mass is 16.1. The fraction of sp³-hybridized carbons (Fsp3) is 0.292. The Hall–Kier alpha value is -3.39. The van der Waals surface area contributed by atoms with Crippen LogP contribution in [0.4, 0.5) is 0 Å². The molecule has 3 rings (SSSR count). The fourth-order valence-corrected chi connectivity index (χ4v) is 3.31. The molecular formula is C24H26N4O. The quantitative estimate of drug-likeness (QED) is 0.617. The summed E-state index contributed by atoms with van der Waals surface area (Å²) < 4.78 is 1.93. The average molecular weight is 386 g/mol. The molecule has 2 aromatic carbocycles. The average Bonchev–Trinajstić information content (AvgIpc) is 3.15. The summed E-state index contributed by atoms with van der Waals surface area (Å²) in [6.45, 7) is 5.25. The van der Waals surface area contributed by atoms with E-state index in [-0.39, 0.29) is 5.91 Å². The van der Waals surface area contributed by atoms with Gasteiger partial charge in [0.2, 0.25) is 0 Å². The van der Waals surface area contributed by atoms with Crippen molar-refractivity contribution in [2.75, 3.05) is 6.54 Å². The molecule has 0 spiro atoms. The lowest BCUT2D eigenvalue weighted by Gasteiger charge is -2.09. The SMILES string of the molecule is CCCCc1cc(C(=O)NCC)nn1Cc1ccc(-c2ccccc2C#N)cc1. The lowest BCUT2D eigenvalue weighted by atomic mass is 9.99. The van der Waals surface area contributed by atoms with E-state index in [9.17, 15) is 10.1 Å². The second kappa shape index (κ2) is 9.70. The molecule has 5 heteroatoms. The molecule has 0 fully saturated rings. The standard InChI is InChI=1S/C24H26N4O/c1-3-5-9-21-15-23(24(29)26-4-2)27-28(21)17-18-11-13-19(14-12-18)22-10-7-6-8-20(22)16-25/h6-8,10-15H,3-5,9,17H2,1-2H3,(H,26,29). The summed E-state index contributed by atoms with van der Waals surface area (Å²) in [4.78, 5) is 12.2. The highest BCUT2D eigenvalue weighted by molar-refractivity contribution is 5.92. The van der Waals surface area contributed by atoms with Gasteiger partial charge < -0.3 is 5.32 Å². The number of rotatable bonds is 8. The molecular weight excluding hydrogens is 360 g/mol. The first-order valence-corrected chi connectivity index (χ1v) is 10.1. The zero-order valence-corrected chi connectivity index (χ0v) is 17.0. The summed E-state index contributed by atoms with van der Waals surface area (Å²) in [5.41, 5.74) is 5.26. The first-order chi connectivity index (χ1) is 14.2. The van der Waals surface area contributed by atoms with Crippen molar-refractivity contribution in [3.05, 3.63) is 77.1 Å². The number of amides is 1. The lowest BCUT2D eigenvalue weighted by Crippen LogP contribution is -2.23. The molecule has 0 aliphatic carbocycles. The van der Waals surface area contributed by atoms with E-state index in [1.807, 2.05) is 54.1 Å². The number of aryl methyl sites for hydroxylation is 1. The normalized spacial score (nSPS) is 10.5. The third-order valence-electron chi connectivity index (χ3n) is 4.86. The van der Waals surface area contributed by atoms with Gasteiger partial charge in [-0.05, 0) is 48.6 Å². The number of hydrogen-bond acceptors (Lipinski definition) is 3. The predicted molar refractivity (Wildman–Crippen MR) is 115 cm³/mol. The molecule has 0 bridgehead atoms. The smallest absolute Gasteiger partial charge is 0.271 e. The van der Waals surface area contributed by atoms with E-state index in [1.54, 1.807) is 0 Å². The lowest BCUT2D eigenvalue weighted by molar-refractivity contribution is 0.0950. The highest BCUT2D eigenvalue weighted by Crippen LogP contribution is 2.24. The van der Waals surface area contributed by atoms with Crippen molar-refractivity contribution in [2.24, 2.45) is 0 Å². The van der Waals surface area contributed by atoms with Crippen LogP contribution in [0.3, 0.4) is 0 Å². The van der Waals surface area contributed by atoms with E-state index in [4.69, 9.17) is 0 Å². The largest absolute Gasteiger partial charge is 0.351 e. The Bertz CT molecular complexity index is 1010. The van der Waals surface area contributed by atoms with Crippen molar-refractivity contribution in [3.8, 4) is 17.2 Å². The van der Waals surface area contributed by atoms with Gasteiger partial charge >= 0.3 is 0 Å². The molecule has 1 N–H and O–H groups in total. The topological polar surface area (TPSA) is 70.7 Å². The number of nitrogens with one attached hydrogen (secondary N) is 1. The van der Waals surface area contributed by atoms with E-state index in [0.717, 1.165) is 41.6 Å².